The minimum absolute atomic E-state index is 0.0135. The van der Waals surface area contributed by atoms with Crippen molar-refractivity contribution in [2.45, 2.75) is 43.3 Å². The molecular weight excluding hydrogens is 685 g/mol. The van der Waals surface area contributed by atoms with Gasteiger partial charge in [0.1, 0.15) is 0 Å². The topological polar surface area (TPSA) is 82.1 Å². The van der Waals surface area contributed by atoms with E-state index >= 15 is 0 Å². The van der Waals surface area contributed by atoms with Gasteiger partial charge in [0.05, 0.1) is 6.26 Å². The molecule has 1 saturated carbocycles. The number of aromatic nitrogens is 3. The summed E-state index contributed by atoms with van der Waals surface area (Å²) < 4.78 is 10.4. The number of nitrogens with one attached hydrogen (secondary N) is 1. The Hall–Kier alpha value is -2.84. The maximum absolute atomic E-state index is 14.1. The van der Waals surface area contributed by atoms with Gasteiger partial charge in [-0.25, -0.2) is 0 Å². The van der Waals surface area contributed by atoms with Crippen molar-refractivity contribution < 1.29 is 35.3 Å². The molecule has 1 amide bonds. The number of benzene rings is 2. The molecule has 0 bridgehead atoms. The zero-order valence-corrected chi connectivity index (χ0v) is 27.6. The third kappa shape index (κ3) is 4.84. The fourth-order valence-electron chi connectivity index (χ4n) is 5.38. The van der Waals surface area contributed by atoms with Gasteiger partial charge >= 0.3 is 223 Å². The summed E-state index contributed by atoms with van der Waals surface area (Å²) in [7, 11) is 1.90. The molecule has 1 aliphatic rings. The maximum atomic E-state index is 14.1. The predicted octanol–water partition coefficient (Wildman–Crippen LogP) is 4.85. The molecule has 2 aromatic carbocycles. The van der Waals surface area contributed by atoms with Crippen LogP contribution in [0.4, 0.5) is 0 Å². The van der Waals surface area contributed by atoms with E-state index in [2.05, 4.69) is 17.4 Å². The van der Waals surface area contributed by atoms with E-state index in [0.717, 1.165) is 53.6 Å². The summed E-state index contributed by atoms with van der Waals surface area (Å²) in [6, 6.07) is 18.1. The van der Waals surface area contributed by atoms with Crippen molar-refractivity contribution in [3.63, 3.8) is 0 Å². The van der Waals surface area contributed by atoms with Crippen LogP contribution >= 0.6 is 11.8 Å². The number of nitrogens with zero attached hydrogens (tertiary/aromatic N) is 3. The van der Waals surface area contributed by atoms with E-state index in [1.54, 1.807) is 10.8 Å². The normalized spacial score (nSPS) is 14.4. The molecule has 1 fully saturated rings. The van der Waals surface area contributed by atoms with E-state index in [-0.39, 0.29) is 23.3 Å². The molecule has 1 N–H and O–H groups in total. The number of amides is 1. The van der Waals surface area contributed by atoms with Crippen LogP contribution in [0.15, 0.2) is 75.2 Å². The summed E-state index contributed by atoms with van der Waals surface area (Å²) in [4.78, 5) is 32.0. The summed E-state index contributed by atoms with van der Waals surface area (Å²) in [6.45, 7) is 0. The van der Waals surface area contributed by atoms with E-state index in [0.29, 0.717) is 42.3 Å². The van der Waals surface area contributed by atoms with Crippen molar-refractivity contribution in [2.75, 3.05) is 5.75 Å². The van der Waals surface area contributed by atoms with Crippen molar-refractivity contribution in [3.05, 3.63) is 71.2 Å². The fourth-order valence-corrected chi connectivity index (χ4v) is 7.54. The van der Waals surface area contributed by atoms with Crippen molar-refractivity contribution in [1.82, 2.24) is 19.4 Å². The number of hydrogen-bond acceptors (Lipinski definition) is 5. The van der Waals surface area contributed by atoms with Crippen molar-refractivity contribution >= 4 is 42.7 Å². The van der Waals surface area contributed by atoms with Gasteiger partial charge in [-0.05, 0) is 6.07 Å². The summed E-state index contributed by atoms with van der Waals surface area (Å²) in [5.74, 6) is 0.957. The second-order valence-electron chi connectivity index (χ2n) is 9.86. The van der Waals surface area contributed by atoms with Crippen LogP contribution in [0, 0.1) is 0 Å². The van der Waals surface area contributed by atoms with E-state index in [9.17, 15) is 9.59 Å². The van der Waals surface area contributed by atoms with Gasteiger partial charge in [-0.1, -0.05) is 6.42 Å². The Balaban J connectivity index is 1.47. The van der Waals surface area contributed by atoms with Gasteiger partial charge in [-0.3, -0.25) is 0 Å². The molecule has 1 aliphatic carbocycles. The molecule has 3 aromatic heterocycles. The number of carbonyl (C=O) groups excluding carboxylic acids is 1. The Bertz CT molecular complexity index is 1700. The van der Waals surface area contributed by atoms with Crippen LogP contribution < -0.4 is 13.9 Å². The molecule has 0 atom stereocenters. The zero-order chi connectivity index (χ0) is 26.2. The molecule has 9 heteroatoms. The van der Waals surface area contributed by atoms with E-state index < -0.39 is 0 Å². The predicted molar refractivity (Wildman–Crippen MR) is 147 cm³/mol. The molecule has 0 unspecified atom stereocenters. The molecule has 6 rings (SSSR count). The Kier molecular flexibility index (Phi) is 7.18. The van der Waals surface area contributed by atoms with Crippen LogP contribution in [0.1, 0.15) is 32.1 Å². The number of aryl methyl sites for hydroxylation is 1. The second kappa shape index (κ2) is 10.7. The van der Waals surface area contributed by atoms with Crippen LogP contribution in [0.5, 0.6) is 0 Å². The van der Waals surface area contributed by atoms with Gasteiger partial charge in [-0.2, -0.15) is 0 Å². The molecule has 0 saturated heterocycles. The Labute approximate surface area is 240 Å². The van der Waals surface area contributed by atoms with E-state index in [1.165, 1.54) is 21.3 Å². The zero-order valence-electron chi connectivity index (χ0n) is 21.3. The Morgan fingerprint density at radius 3 is 2.74 bits per heavy atom. The standard InChI is InChI=1S/C29H27N4O3S.Hg/c1-32-23-15-14-19(24-13-8-16-36-24)17-22(23)26-27(32)28(35)33(21-11-6-3-7-12-21)29(31-26)37-18-25(34)30-20-9-4-2-5-10-20;/h3,6,8,11-17,20H,2,4-5,9-10,18H2,1H3,(H,30,34);/q;+1. The van der Waals surface area contributed by atoms with Crippen LogP contribution in [0.3, 0.4) is 0 Å². The second-order valence-corrected chi connectivity index (χ2v) is 14.0. The first-order valence-electron chi connectivity index (χ1n) is 12.9. The summed E-state index contributed by atoms with van der Waals surface area (Å²) in [6.07, 6.45) is 7.29. The SMILES string of the molecule is Cn1c2ccc(-c3ccco3)cc2c2nc(SCC(=O)NC3CCCCC3)n(-c3ccc[c]([Hg+])c3)c(=O)c21. The first kappa shape index (κ1) is 25.4. The van der Waals surface area contributed by atoms with Crippen LogP contribution in [-0.2, 0) is 38.0 Å². The number of carbonyl (C=O) groups is 1. The summed E-state index contributed by atoms with van der Waals surface area (Å²) in [5, 5.41) is 4.59. The van der Waals surface area contributed by atoms with Crippen LogP contribution in [-0.4, -0.2) is 31.8 Å². The molecule has 0 aliphatic heterocycles. The number of fused-ring (bicyclic) bond motifs is 3. The molecular formula is C29H27HgN4O3S+. The van der Waals surface area contributed by atoms with Gasteiger partial charge in [0.15, 0.2) is 0 Å². The fraction of sp³-hybridized carbons (Fsp3) is 0.276. The van der Waals surface area contributed by atoms with E-state index in [4.69, 9.17) is 9.40 Å². The van der Waals surface area contributed by atoms with Crippen molar-refractivity contribution in [3.8, 4) is 17.0 Å². The van der Waals surface area contributed by atoms with Crippen LogP contribution in [0.25, 0.3) is 38.9 Å². The Morgan fingerprint density at radius 1 is 1.13 bits per heavy atom. The number of rotatable bonds is 6. The van der Waals surface area contributed by atoms with Gasteiger partial charge in [0.2, 0.25) is 0 Å². The van der Waals surface area contributed by atoms with Crippen molar-refractivity contribution in [1.29, 1.82) is 0 Å². The van der Waals surface area contributed by atoms with E-state index in [1.807, 2.05) is 54.1 Å². The molecule has 7 nitrogen and oxygen atoms in total. The third-order valence-electron chi connectivity index (χ3n) is 7.25. The average molecular weight is 712 g/mol. The monoisotopic (exact) mass is 713 g/mol. The molecule has 5 aromatic rings. The van der Waals surface area contributed by atoms with Gasteiger partial charge in [0, 0.05) is 0 Å². The molecule has 188 valence electrons. The number of hydrogen-bond donors (Lipinski definition) is 1. The van der Waals surface area contributed by atoms with Gasteiger partial charge in [-0.15, -0.1) is 0 Å². The number of thioether (sulfide) groups is 1. The first-order valence-corrected chi connectivity index (χ1v) is 16.7. The average Bonchev–Trinajstić information content (AvgIpc) is 3.55. The minimum atomic E-state index is -0.137. The van der Waals surface area contributed by atoms with Crippen molar-refractivity contribution in [2.24, 2.45) is 7.05 Å². The Morgan fingerprint density at radius 2 is 1.97 bits per heavy atom. The molecule has 38 heavy (non-hydrogen) atoms. The quantitative estimate of drug-likeness (QED) is 0.155. The van der Waals surface area contributed by atoms with Gasteiger partial charge < -0.3 is 0 Å². The summed E-state index contributed by atoms with van der Waals surface area (Å²) >= 11 is 1.74. The molecule has 3 heterocycles. The first-order chi connectivity index (χ1) is 18.5. The van der Waals surface area contributed by atoms with Gasteiger partial charge in [0.25, 0.3) is 0 Å². The number of furan rings is 1. The molecule has 0 spiro atoms. The van der Waals surface area contributed by atoms with Crippen LogP contribution in [0.2, 0.25) is 0 Å². The third-order valence-corrected chi connectivity index (χ3v) is 9.90. The molecule has 0 radical (unpaired) electrons. The summed E-state index contributed by atoms with van der Waals surface area (Å²) in [5.41, 5.74) is 3.67.